The van der Waals surface area contributed by atoms with Crippen molar-refractivity contribution in [3.8, 4) is 6.07 Å². The average molecular weight is 216 g/mol. The summed E-state index contributed by atoms with van der Waals surface area (Å²) >= 11 is 0. The molecule has 0 aliphatic rings. The van der Waals surface area contributed by atoms with E-state index in [1.54, 1.807) is 6.07 Å². The van der Waals surface area contributed by atoms with Crippen molar-refractivity contribution < 1.29 is 13.2 Å². The molecule has 15 heavy (non-hydrogen) atoms. The number of alkyl halides is 3. The van der Waals surface area contributed by atoms with Gasteiger partial charge in [0.05, 0.1) is 0 Å². The standard InChI is InChI=1S/C8H5F3N2.C2H6/c1-5-2-3-7(8(9,10)11)13-6(5)4-12;1-2/h2-3H,1H3;1-2H3. The maximum atomic E-state index is 12.1. The predicted molar refractivity (Wildman–Crippen MR) is 50.0 cm³/mol. The van der Waals surface area contributed by atoms with Crippen LogP contribution in [-0.2, 0) is 6.18 Å². The molecule has 82 valence electrons. The van der Waals surface area contributed by atoms with Crippen molar-refractivity contribution in [3.05, 3.63) is 29.1 Å². The number of hydrogen-bond acceptors (Lipinski definition) is 2. The molecule has 0 radical (unpaired) electrons. The van der Waals surface area contributed by atoms with Crippen LogP contribution in [-0.4, -0.2) is 4.98 Å². The molecule has 1 aromatic rings. The lowest BCUT2D eigenvalue weighted by atomic mass is 10.2. The first-order valence-corrected chi connectivity index (χ1v) is 4.40. The van der Waals surface area contributed by atoms with Crippen LogP contribution in [0.15, 0.2) is 12.1 Å². The second kappa shape index (κ2) is 5.35. The summed E-state index contributed by atoms with van der Waals surface area (Å²) in [4.78, 5) is 3.18. The van der Waals surface area contributed by atoms with Gasteiger partial charge in [-0.3, -0.25) is 0 Å². The van der Waals surface area contributed by atoms with E-state index in [1.165, 1.54) is 13.0 Å². The van der Waals surface area contributed by atoms with Gasteiger partial charge in [-0.05, 0) is 18.6 Å². The van der Waals surface area contributed by atoms with Crippen LogP contribution in [0.5, 0.6) is 0 Å². The Morgan fingerprint density at radius 3 is 2.20 bits per heavy atom. The van der Waals surface area contributed by atoms with Crippen molar-refractivity contribution in [1.29, 1.82) is 5.26 Å². The van der Waals surface area contributed by atoms with E-state index in [4.69, 9.17) is 5.26 Å². The molecule has 1 aromatic heterocycles. The summed E-state index contributed by atoms with van der Waals surface area (Å²) < 4.78 is 36.2. The minimum atomic E-state index is -4.49. The second-order valence-corrected chi connectivity index (χ2v) is 2.47. The minimum Gasteiger partial charge on any atom is -0.232 e. The molecule has 0 unspecified atom stereocenters. The van der Waals surface area contributed by atoms with Crippen molar-refractivity contribution in [3.63, 3.8) is 0 Å². The Kier molecular flexibility index (Phi) is 4.79. The number of nitrogens with zero attached hydrogens (tertiary/aromatic N) is 2. The molecule has 2 nitrogen and oxygen atoms in total. The van der Waals surface area contributed by atoms with Gasteiger partial charge in [0.2, 0.25) is 0 Å². The topological polar surface area (TPSA) is 36.7 Å². The van der Waals surface area contributed by atoms with Crippen LogP contribution < -0.4 is 0 Å². The summed E-state index contributed by atoms with van der Waals surface area (Å²) in [5.41, 5.74) is -0.778. The second-order valence-electron chi connectivity index (χ2n) is 2.47. The molecule has 0 N–H and O–H groups in total. The van der Waals surface area contributed by atoms with Gasteiger partial charge in [-0.15, -0.1) is 0 Å². The Balaban J connectivity index is 0.000000921. The van der Waals surface area contributed by atoms with Gasteiger partial charge < -0.3 is 0 Å². The van der Waals surface area contributed by atoms with Crippen LogP contribution in [0.4, 0.5) is 13.2 Å². The van der Waals surface area contributed by atoms with Gasteiger partial charge in [0.25, 0.3) is 0 Å². The molecule has 0 aliphatic heterocycles. The van der Waals surface area contributed by atoms with E-state index in [0.29, 0.717) is 5.56 Å². The molecule has 0 atom stereocenters. The first-order chi connectivity index (χ1) is 6.95. The average Bonchev–Trinajstić information content (AvgIpc) is 2.20. The molecule has 0 saturated heterocycles. The van der Waals surface area contributed by atoms with E-state index in [-0.39, 0.29) is 5.69 Å². The summed E-state index contributed by atoms with van der Waals surface area (Å²) in [5.74, 6) is 0. The van der Waals surface area contributed by atoms with Crippen LogP contribution in [0.25, 0.3) is 0 Å². The highest BCUT2D eigenvalue weighted by atomic mass is 19.4. The fourth-order valence-corrected chi connectivity index (χ4v) is 0.800. The normalized spacial score (nSPS) is 9.93. The largest absolute Gasteiger partial charge is 0.433 e. The fraction of sp³-hybridized carbons (Fsp3) is 0.400. The number of aryl methyl sites for hydroxylation is 1. The molecular weight excluding hydrogens is 205 g/mol. The van der Waals surface area contributed by atoms with E-state index in [1.807, 2.05) is 13.8 Å². The van der Waals surface area contributed by atoms with E-state index in [2.05, 4.69) is 4.98 Å². The lowest BCUT2D eigenvalue weighted by Gasteiger charge is -2.05. The third-order valence-corrected chi connectivity index (χ3v) is 1.49. The molecule has 0 aliphatic carbocycles. The summed E-state index contributed by atoms with van der Waals surface area (Å²) in [6.07, 6.45) is -4.49. The summed E-state index contributed by atoms with van der Waals surface area (Å²) in [7, 11) is 0. The number of rotatable bonds is 0. The zero-order valence-corrected chi connectivity index (χ0v) is 8.68. The molecule has 0 fully saturated rings. The van der Waals surface area contributed by atoms with E-state index >= 15 is 0 Å². The Hall–Kier alpha value is -1.57. The van der Waals surface area contributed by atoms with Crippen molar-refractivity contribution in [2.45, 2.75) is 26.9 Å². The van der Waals surface area contributed by atoms with Gasteiger partial charge in [-0.1, -0.05) is 19.9 Å². The van der Waals surface area contributed by atoms with E-state index in [9.17, 15) is 13.2 Å². The molecular formula is C10H11F3N2. The number of halogens is 3. The van der Waals surface area contributed by atoms with E-state index in [0.717, 1.165) is 6.07 Å². The summed E-state index contributed by atoms with van der Waals surface area (Å²) in [6.45, 7) is 5.53. The molecule has 0 aromatic carbocycles. The van der Waals surface area contributed by atoms with Crippen LogP contribution in [0.3, 0.4) is 0 Å². The van der Waals surface area contributed by atoms with Crippen LogP contribution in [0, 0.1) is 18.3 Å². The Bertz CT molecular complexity index is 364. The fourth-order valence-electron chi connectivity index (χ4n) is 0.800. The van der Waals surface area contributed by atoms with Gasteiger partial charge in [0.15, 0.2) is 0 Å². The molecule has 0 saturated carbocycles. The highest BCUT2D eigenvalue weighted by Gasteiger charge is 2.32. The third-order valence-electron chi connectivity index (χ3n) is 1.49. The minimum absolute atomic E-state index is 0.185. The van der Waals surface area contributed by atoms with Gasteiger partial charge >= 0.3 is 6.18 Å². The van der Waals surface area contributed by atoms with Crippen molar-refractivity contribution in [2.24, 2.45) is 0 Å². The van der Waals surface area contributed by atoms with Gasteiger partial charge in [0, 0.05) is 0 Å². The molecule has 0 amide bonds. The van der Waals surface area contributed by atoms with Crippen LogP contribution in [0.2, 0.25) is 0 Å². The summed E-state index contributed by atoms with van der Waals surface area (Å²) in [5, 5.41) is 8.43. The number of hydrogen-bond donors (Lipinski definition) is 0. The van der Waals surface area contributed by atoms with Crippen LogP contribution >= 0.6 is 0 Å². The van der Waals surface area contributed by atoms with E-state index < -0.39 is 11.9 Å². The molecule has 0 spiro atoms. The maximum Gasteiger partial charge on any atom is 0.433 e. The SMILES string of the molecule is CC.Cc1ccc(C(F)(F)F)nc1C#N. The quantitative estimate of drug-likeness (QED) is 0.667. The Labute approximate surface area is 86.4 Å². The predicted octanol–water partition coefficient (Wildman–Crippen LogP) is 3.31. The smallest absolute Gasteiger partial charge is 0.232 e. The highest BCUT2D eigenvalue weighted by Crippen LogP contribution is 2.27. The van der Waals surface area contributed by atoms with Crippen molar-refractivity contribution >= 4 is 0 Å². The third kappa shape index (κ3) is 3.58. The van der Waals surface area contributed by atoms with Gasteiger partial charge in [0.1, 0.15) is 17.5 Å². The Morgan fingerprint density at radius 2 is 1.80 bits per heavy atom. The van der Waals surface area contributed by atoms with Gasteiger partial charge in [-0.25, -0.2) is 4.98 Å². The first kappa shape index (κ1) is 13.4. The molecule has 1 rings (SSSR count). The molecule has 0 bridgehead atoms. The highest BCUT2D eigenvalue weighted by molar-refractivity contribution is 5.31. The number of aromatic nitrogens is 1. The van der Waals surface area contributed by atoms with Crippen molar-refractivity contribution in [2.75, 3.05) is 0 Å². The first-order valence-electron chi connectivity index (χ1n) is 4.40. The molecule has 5 heteroatoms. The Morgan fingerprint density at radius 1 is 1.27 bits per heavy atom. The summed E-state index contributed by atoms with van der Waals surface area (Å²) in [6, 6.07) is 3.68. The van der Waals surface area contributed by atoms with Gasteiger partial charge in [-0.2, -0.15) is 18.4 Å². The lowest BCUT2D eigenvalue weighted by Crippen LogP contribution is -2.09. The molecule has 1 heterocycles. The maximum absolute atomic E-state index is 12.1. The zero-order chi connectivity index (χ0) is 12.1. The van der Waals surface area contributed by atoms with Crippen molar-refractivity contribution in [1.82, 2.24) is 4.98 Å². The zero-order valence-electron chi connectivity index (χ0n) is 8.68. The van der Waals surface area contributed by atoms with Crippen LogP contribution in [0.1, 0.15) is 30.8 Å². The monoisotopic (exact) mass is 216 g/mol. The lowest BCUT2D eigenvalue weighted by molar-refractivity contribution is -0.141. The number of pyridine rings is 1. The number of nitriles is 1.